The van der Waals surface area contributed by atoms with Gasteiger partial charge in [-0.3, -0.25) is 9.59 Å². The molecule has 0 saturated carbocycles. The zero-order valence-electron chi connectivity index (χ0n) is 21.0. The lowest BCUT2D eigenvalue weighted by Gasteiger charge is -2.34. The lowest BCUT2D eigenvalue weighted by Crippen LogP contribution is -2.53. The van der Waals surface area contributed by atoms with Crippen molar-refractivity contribution in [1.29, 1.82) is 0 Å². The Balaban J connectivity index is 2.04. The number of nitrogens with one attached hydrogen (secondary N) is 1. The molecule has 0 spiro atoms. The molecule has 0 bridgehead atoms. The molecule has 0 radical (unpaired) electrons. The van der Waals surface area contributed by atoms with Crippen LogP contribution in [0.3, 0.4) is 0 Å². The number of carbonyl (C=O) groups is 2. The molecule has 0 unspecified atom stereocenters. The third kappa shape index (κ3) is 7.31. The van der Waals surface area contributed by atoms with E-state index in [1.54, 1.807) is 54.6 Å². The first-order chi connectivity index (χ1) is 17.6. The van der Waals surface area contributed by atoms with Gasteiger partial charge in [0.15, 0.2) is 0 Å². The standard InChI is InChI=1S/C27H31ClN4O4S/c1-29-27(34)25(18-21-10-6-4-7-11-21)31(19-22-14-16-23(28)17-15-22)26(33)20-32(37(35,36)30(2)3)24-12-8-5-9-13-24/h4-17,25H,18-20H2,1-3H3,(H,29,34)/t25-/m0/s1. The van der Waals surface area contributed by atoms with E-state index >= 15 is 0 Å². The fourth-order valence-corrected chi connectivity index (χ4v) is 5.00. The Morgan fingerprint density at radius 2 is 1.43 bits per heavy atom. The second kappa shape index (κ2) is 12.7. The summed E-state index contributed by atoms with van der Waals surface area (Å²) in [4.78, 5) is 28.4. The Labute approximate surface area is 223 Å². The van der Waals surface area contributed by atoms with E-state index in [9.17, 15) is 18.0 Å². The molecule has 3 aromatic rings. The molecule has 0 aliphatic heterocycles. The van der Waals surface area contributed by atoms with E-state index in [1.807, 2.05) is 30.3 Å². The number of amides is 2. The van der Waals surface area contributed by atoms with Crippen LogP contribution in [0, 0.1) is 0 Å². The molecule has 1 atom stereocenters. The average Bonchev–Trinajstić information content (AvgIpc) is 2.90. The van der Waals surface area contributed by atoms with Gasteiger partial charge in [0.2, 0.25) is 11.8 Å². The SMILES string of the molecule is CNC(=O)[C@H](Cc1ccccc1)N(Cc1ccc(Cl)cc1)C(=O)CN(c1ccccc1)S(=O)(=O)N(C)C. The van der Waals surface area contributed by atoms with Crippen LogP contribution in [0.4, 0.5) is 5.69 Å². The molecule has 0 heterocycles. The number of likely N-dealkylation sites (N-methyl/N-ethyl adjacent to an activating group) is 1. The zero-order chi connectivity index (χ0) is 27.0. The summed E-state index contributed by atoms with van der Waals surface area (Å²) < 4.78 is 28.5. The number of halogens is 1. The number of benzene rings is 3. The highest BCUT2D eigenvalue weighted by Gasteiger charge is 2.34. The van der Waals surface area contributed by atoms with Crippen molar-refractivity contribution < 1.29 is 18.0 Å². The van der Waals surface area contributed by atoms with Crippen LogP contribution in [-0.4, -0.2) is 63.2 Å². The van der Waals surface area contributed by atoms with Crippen LogP contribution in [0.2, 0.25) is 5.02 Å². The Hall–Kier alpha value is -3.40. The molecule has 2 amide bonds. The number of rotatable bonds is 11. The first-order valence-corrected chi connectivity index (χ1v) is 13.5. The molecule has 0 aromatic heterocycles. The maximum Gasteiger partial charge on any atom is 0.304 e. The predicted octanol–water partition coefficient (Wildman–Crippen LogP) is 3.34. The van der Waals surface area contributed by atoms with Crippen LogP contribution in [0.25, 0.3) is 0 Å². The van der Waals surface area contributed by atoms with Crippen LogP contribution in [0.5, 0.6) is 0 Å². The number of anilines is 1. The smallest absolute Gasteiger partial charge is 0.304 e. The molecule has 0 saturated heterocycles. The van der Waals surface area contributed by atoms with Gasteiger partial charge in [-0.15, -0.1) is 0 Å². The van der Waals surface area contributed by atoms with Gasteiger partial charge < -0.3 is 10.2 Å². The average molecular weight is 543 g/mol. The van der Waals surface area contributed by atoms with Crippen molar-refractivity contribution in [2.24, 2.45) is 0 Å². The molecule has 0 fully saturated rings. The normalized spacial score (nSPS) is 12.1. The molecular formula is C27H31ClN4O4S. The number of hydrogen-bond acceptors (Lipinski definition) is 4. The van der Waals surface area contributed by atoms with Gasteiger partial charge in [-0.25, -0.2) is 4.31 Å². The van der Waals surface area contributed by atoms with Crippen molar-refractivity contribution in [2.45, 2.75) is 19.0 Å². The van der Waals surface area contributed by atoms with Crippen molar-refractivity contribution in [2.75, 3.05) is 32.0 Å². The van der Waals surface area contributed by atoms with E-state index in [4.69, 9.17) is 11.6 Å². The number of hydrogen-bond donors (Lipinski definition) is 1. The van der Waals surface area contributed by atoms with Gasteiger partial charge in [-0.1, -0.05) is 72.3 Å². The van der Waals surface area contributed by atoms with E-state index in [-0.39, 0.29) is 18.9 Å². The minimum absolute atomic E-state index is 0.0889. The van der Waals surface area contributed by atoms with Gasteiger partial charge in [0.05, 0.1) is 5.69 Å². The monoisotopic (exact) mass is 542 g/mol. The minimum Gasteiger partial charge on any atom is -0.357 e. The van der Waals surface area contributed by atoms with Gasteiger partial charge in [-0.05, 0) is 35.4 Å². The van der Waals surface area contributed by atoms with E-state index in [1.165, 1.54) is 26.0 Å². The molecule has 8 nitrogen and oxygen atoms in total. The van der Waals surface area contributed by atoms with E-state index in [0.29, 0.717) is 10.7 Å². The van der Waals surface area contributed by atoms with Crippen molar-refractivity contribution >= 4 is 39.3 Å². The van der Waals surface area contributed by atoms with Crippen molar-refractivity contribution in [3.05, 3.63) is 101 Å². The summed E-state index contributed by atoms with van der Waals surface area (Å²) in [6.07, 6.45) is 0.256. The first-order valence-electron chi connectivity index (χ1n) is 11.7. The number of para-hydroxylation sites is 1. The van der Waals surface area contributed by atoms with E-state index in [2.05, 4.69) is 5.32 Å². The predicted molar refractivity (Wildman–Crippen MR) is 146 cm³/mol. The summed E-state index contributed by atoms with van der Waals surface area (Å²) in [7, 11) is 0.317. The minimum atomic E-state index is -4.01. The fraction of sp³-hybridized carbons (Fsp3) is 0.259. The molecule has 3 rings (SSSR count). The maximum absolute atomic E-state index is 13.9. The highest BCUT2D eigenvalue weighted by molar-refractivity contribution is 7.90. The summed E-state index contributed by atoms with van der Waals surface area (Å²) in [5.74, 6) is -0.873. The number of nitrogens with zero attached hydrogens (tertiary/aromatic N) is 3. The van der Waals surface area contributed by atoms with Gasteiger partial charge in [0.25, 0.3) is 0 Å². The van der Waals surface area contributed by atoms with Gasteiger partial charge in [0, 0.05) is 39.1 Å². The summed E-state index contributed by atoms with van der Waals surface area (Å²) in [6, 6.07) is 23.9. The summed E-state index contributed by atoms with van der Waals surface area (Å²) in [5.41, 5.74) is 1.96. The number of carbonyl (C=O) groups excluding carboxylic acids is 2. The molecule has 0 aliphatic rings. The molecule has 1 N–H and O–H groups in total. The van der Waals surface area contributed by atoms with E-state index < -0.39 is 28.7 Å². The lowest BCUT2D eigenvalue weighted by atomic mass is 10.0. The highest BCUT2D eigenvalue weighted by Crippen LogP contribution is 2.22. The van der Waals surface area contributed by atoms with Crippen LogP contribution >= 0.6 is 11.6 Å². The fourth-order valence-electron chi connectivity index (χ4n) is 3.82. The summed E-state index contributed by atoms with van der Waals surface area (Å²) in [5, 5.41) is 3.20. The Morgan fingerprint density at radius 3 is 1.97 bits per heavy atom. The van der Waals surface area contributed by atoms with Crippen molar-refractivity contribution in [1.82, 2.24) is 14.5 Å². The van der Waals surface area contributed by atoms with Gasteiger partial charge in [0.1, 0.15) is 12.6 Å². The molecular weight excluding hydrogens is 512 g/mol. The Kier molecular flexibility index (Phi) is 9.68. The molecule has 3 aromatic carbocycles. The lowest BCUT2D eigenvalue weighted by molar-refractivity contribution is -0.139. The van der Waals surface area contributed by atoms with Crippen molar-refractivity contribution in [3.63, 3.8) is 0 Å². The van der Waals surface area contributed by atoms with Crippen LogP contribution < -0.4 is 9.62 Å². The summed E-state index contributed by atoms with van der Waals surface area (Å²) in [6.45, 7) is -0.397. The maximum atomic E-state index is 13.9. The molecule has 10 heteroatoms. The highest BCUT2D eigenvalue weighted by atomic mass is 35.5. The first kappa shape index (κ1) is 28.2. The topological polar surface area (TPSA) is 90.0 Å². The van der Waals surface area contributed by atoms with Crippen LogP contribution in [0.1, 0.15) is 11.1 Å². The third-order valence-electron chi connectivity index (χ3n) is 5.85. The van der Waals surface area contributed by atoms with Crippen LogP contribution in [0.15, 0.2) is 84.9 Å². The quantitative estimate of drug-likeness (QED) is 0.402. The second-order valence-corrected chi connectivity index (χ2v) is 11.1. The molecule has 37 heavy (non-hydrogen) atoms. The largest absolute Gasteiger partial charge is 0.357 e. The Morgan fingerprint density at radius 1 is 0.865 bits per heavy atom. The van der Waals surface area contributed by atoms with Gasteiger partial charge >= 0.3 is 10.2 Å². The zero-order valence-corrected chi connectivity index (χ0v) is 22.6. The second-order valence-electron chi connectivity index (χ2n) is 8.60. The van der Waals surface area contributed by atoms with Gasteiger partial charge in [-0.2, -0.15) is 12.7 Å². The van der Waals surface area contributed by atoms with Crippen LogP contribution in [-0.2, 0) is 32.8 Å². The Bertz CT molecular complexity index is 1290. The molecule has 196 valence electrons. The third-order valence-corrected chi connectivity index (χ3v) is 7.92. The van der Waals surface area contributed by atoms with E-state index in [0.717, 1.165) is 19.7 Å². The van der Waals surface area contributed by atoms with Crippen molar-refractivity contribution in [3.8, 4) is 0 Å². The molecule has 0 aliphatic carbocycles. The summed E-state index contributed by atoms with van der Waals surface area (Å²) >= 11 is 6.05.